The van der Waals surface area contributed by atoms with Gasteiger partial charge in [-0.05, 0) is 23.0 Å². The Morgan fingerprint density at radius 2 is 1.62 bits per heavy atom. The zero-order chi connectivity index (χ0) is 10.3. The van der Waals surface area contributed by atoms with Crippen molar-refractivity contribution in [3.05, 3.63) is 16.0 Å². The van der Waals surface area contributed by atoms with Crippen molar-refractivity contribution in [2.75, 3.05) is 11.5 Å². The van der Waals surface area contributed by atoms with E-state index >= 15 is 0 Å². The molecule has 2 heteroatoms. The average molecular weight is 216 g/mol. The first-order valence-electron chi connectivity index (χ1n) is 4.73. The maximum Gasteiger partial charge on any atom is 0.0822 e. The fraction of sp³-hybridized carbons (Fsp3) is 0.727. The second-order valence-corrected chi connectivity index (χ2v) is 6.62. The van der Waals surface area contributed by atoms with E-state index in [9.17, 15) is 0 Å². The number of thioether (sulfide) groups is 2. The summed E-state index contributed by atoms with van der Waals surface area (Å²) in [5, 5.41) is 0. The highest BCUT2D eigenvalue weighted by molar-refractivity contribution is 8.22. The minimum atomic E-state index is 0.244. The summed E-state index contributed by atoms with van der Waals surface area (Å²) in [6.45, 7) is 11.0. The third-order valence-electron chi connectivity index (χ3n) is 1.17. The van der Waals surface area contributed by atoms with Crippen LogP contribution in [0, 0.1) is 5.41 Å². The Morgan fingerprint density at radius 1 is 1.15 bits per heavy atom. The summed E-state index contributed by atoms with van der Waals surface area (Å²) in [5.41, 5.74) is 3.62. The van der Waals surface area contributed by atoms with Crippen molar-refractivity contribution in [1.29, 1.82) is 0 Å². The highest BCUT2D eigenvalue weighted by atomic mass is 32.2. The Balaban J connectivity index is 4.41. The van der Waals surface area contributed by atoms with Crippen LogP contribution >= 0.6 is 23.5 Å². The third kappa shape index (κ3) is 8.55. The molecule has 0 N–H and O–H groups in total. The average Bonchev–Trinajstić information content (AvgIpc) is 2.00. The van der Waals surface area contributed by atoms with Crippen LogP contribution in [0.25, 0.3) is 0 Å². The van der Waals surface area contributed by atoms with Crippen molar-refractivity contribution in [2.45, 2.75) is 34.6 Å². The molecule has 0 aromatic heterocycles. The van der Waals surface area contributed by atoms with Crippen molar-refractivity contribution in [1.82, 2.24) is 0 Å². The molecule has 0 spiro atoms. The molecular formula is C11H20S2. The smallest absolute Gasteiger partial charge is 0.0822 e. The highest BCUT2D eigenvalue weighted by Gasteiger charge is 2.03. The quantitative estimate of drug-likeness (QED) is 0.633. The lowest BCUT2D eigenvalue weighted by Crippen LogP contribution is -1.97. The van der Waals surface area contributed by atoms with Gasteiger partial charge in [-0.1, -0.05) is 34.6 Å². The summed E-state index contributed by atoms with van der Waals surface area (Å²) in [6.07, 6.45) is 2.16. The molecule has 0 aromatic rings. The fourth-order valence-corrected chi connectivity index (χ4v) is 2.51. The van der Waals surface area contributed by atoms with Gasteiger partial charge in [0.2, 0.25) is 0 Å². The van der Waals surface area contributed by atoms with E-state index in [1.54, 1.807) is 0 Å². The van der Waals surface area contributed by atoms with Crippen LogP contribution in [0.2, 0.25) is 0 Å². The first-order chi connectivity index (χ1) is 5.99. The molecule has 0 aromatic carbocycles. The van der Waals surface area contributed by atoms with Gasteiger partial charge in [0.25, 0.3) is 0 Å². The van der Waals surface area contributed by atoms with E-state index in [1.807, 2.05) is 23.5 Å². The van der Waals surface area contributed by atoms with E-state index in [2.05, 4.69) is 46.4 Å². The monoisotopic (exact) mass is 216 g/mol. The van der Waals surface area contributed by atoms with Crippen molar-refractivity contribution in [3.8, 4) is 0 Å². The van der Waals surface area contributed by atoms with Crippen molar-refractivity contribution < 1.29 is 0 Å². The number of hydrogen-bond donors (Lipinski definition) is 0. The Hall–Kier alpha value is 0.220. The Morgan fingerprint density at radius 3 is 1.92 bits per heavy atom. The summed E-state index contributed by atoms with van der Waals surface area (Å²) < 4.78 is 1.32. The van der Waals surface area contributed by atoms with Gasteiger partial charge in [0.15, 0.2) is 0 Å². The molecule has 0 unspecified atom stereocenters. The number of hydrogen-bond acceptors (Lipinski definition) is 2. The van der Waals surface area contributed by atoms with Crippen LogP contribution in [0.5, 0.6) is 0 Å². The van der Waals surface area contributed by atoms with Crippen LogP contribution in [0.4, 0.5) is 0 Å². The second-order valence-electron chi connectivity index (χ2n) is 3.81. The van der Waals surface area contributed by atoms with Crippen LogP contribution in [-0.2, 0) is 0 Å². The predicted octanol–water partition coefficient (Wildman–Crippen LogP) is 4.54. The molecule has 0 rings (SSSR count). The molecule has 0 saturated heterocycles. The van der Waals surface area contributed by atoms with Gasteiger partial charge in [0.05, 0.1) is 4.24 Å². The highest BCUT2D eigenvalue weighted by Crippen LogP contribution is 2.27. The van der Waals surface area contributed by atoms with Gasteiger partial charge in [-0.2, -0.15) is 0 Å². The molecule has 76 valence electrons. The molecule has 0 atom stereocenters. The molecule has 0 saturated carbocycles. The van der Waals surface area contributed by atoms with Crippen LogP contribution in [0.1, 0.15) is 34.6 Å². The lowest BCUT2D eigenvalue weighted by Gasteiger charge is -2.09. The van der Waals surface area contributed by atoms with Crippen LogP contribution in [0.3, 0.4) is 0 Å². The van der Waals surface area contributed by atoms with Crippen molar-refractivity contribution >= 4 is 23.5 Å². The van der Waals surface area contributed by atoms with Gasteiger partial charge >= 0.3 is 0 Å². The molecule has 0 heterocycles. The largest absolute Gasteiger partial charge is 0.111 e. The van der Waals surface area contributed by atoms with Gasteiger partial charge in [-0.25, -0.2) is 0 Å². The maximum absolute atomic E-state index is 3.38. The first-order valence-corrected chi connectivity index (χ1v) is 6.70. The standard InChI is InChI=1S/C11H20S2/c1-6-12-10(13-7-2)8-9-11(3,4)5/h9H,6-7H2,1-5H3. The molecule has 0 bridgehead atoms. The number of rotatable bonds is 4. The molecule has 0 aliphatic heterocycles. The third-order valence-corrected chi connectivity index (χ3v) is 3.22. The lowest BCUT2D eigenvalue weighted by atomic mass is 9.97. The Kier molecular flexibility index (Phi) is 6.75. The molecule has 0 nitrogen and oxygen atoms in total. The predicted molar refractivity (Wildman–Crippen MR) is 67.3 cm³/mol. The van der Waals surface area contributed by atoms with Crippen LogP contribution in [-0.4, -0.2) is 11.5 Å². The van der Waals surface area contributed by atoms with Gasteiger partial charge in [-0.15, -0.1) is 29.3 Å². The molecule has 0 radical (unpaired) electrons. The Labute approximate surface area is 91.3 Å². The fourth-order valence-electron chi connectivity index (χ4n) is 0.663. The lowest BCUT2D eigenvalue weighted by molar-refractivity contribution is 0.545. The van der Waals surface area contributed by atoms with E-state index in [-0.39, 0.29) is 5.41 Å². The van der Waals surface area contributed by atoms with Gasteiger partial charge in [0.1, 0.15) is 0 Å². The second kappa shape index (κ2) is 6.64. The van der Waals surface area contributed by atoms with Crippen molar-refractivity contribution in [2.24, 2.45) is 5.41 Å². The zero-order valence-electron chi connectivity index (χ0n) is 9.31. The van der Waals surface area contributed by atoms with E-state index in [0.717, 1.165) is 11.5 Å². The van der Waals surface area contributed by atoms with E-state index < -0.39 is 0 Å². The summed E-state index contributed by atoms with van der Waals surface area (Å²) in [4.78, 5) is 0. The molecule has 13 heavy (non-hydrogen) atoms. The minimum Gasteiger partial charge on any atom is -0.111 e. The van der Waals surface area contributed by atoms with E-state index in [0.29, 0.717) is 0 Å². The summed E-state index contributed by atoms with van der Waals surface area (Å²) in [7, 11) is 0. The van der Waals surface area contributed by atoms with Gasteiger partial charge < -0.3 is 0 Å². The van der Waals surface area contributed by atoms with Crippen LogP contribution in [0.15, 0.2) is 16.0 Å². The van der Waals surface area contributed by atoms with Crippen molar-refractivity contribution in [3.63, 3.8) is 0 Å². The summed E-state index contributed by atoms with van der Waals surface area (Å²) >= 11 is 3.76. The van der Waals surface area contributed by atoms with Crippen LogP contribution < -0.4 is 0 Å². The molecule has 0 amide bonds. The number of allylic oxidation sites excluding steroid dienone is 1. The molecule has 0 aliphatic carbocycles. The summed E-state index contributed by atoms with van der Waals surface area (Å²) in [6, 6.07) is 0. The molecular weight excluding hydrogens is 196 g/mol. The topological polar surface area (TPSA) is 0 Å². The normalized spacial score (nSPS) is 10.8. The summed E-state index contributed by atoms with van der Waals surface area (Å²) in [5.74, 6) is 2.26. The van der Waals surface area contributed by atoms with Gasteiger partial charge in [0, 0.05) is 0 Å². The minimum absolute atomic E-state index is 0.244. The first kappa shape index (κ1) is 13.2. The molecule has 0 fully saturated rings. The SMILES string of the molecule is CCSC(=C=CC(C)(C)C)SCC. The van der Waals surface area contributed by atoms with E-state index in [4.69, 9.17) is 0 Å². The van der Waals surface area contributed by atoms with Gasteiger partial charge in [-0.3, -0.25) is 0 Å². The Bertz CT molecular complexity index is 185. The zero-order valence-corrected chi connectivity index (χ0v) is 10.9. The maximum atomic E-state index is 3.38. The van der Waals surface area contributed by atoms with E-state index in [1.165, 1.54) is 4.24 Å². The molecule has 0 aliphatic rings.